The van der Waals surface area contributed by atoms with Gasteiger partial charge in [0.1, 0.15) is 0 Å². The van der Waals surface area contributed by atoms with Crippen molar-refractivity contribution in [1.82, 2.24) is 0 Å². The van der Waals surface area contributed by atoms with E-state index in [1.165, 1.54) is 0 Å². The molecule has 8 heteroatoms. The molecular formula is C12H32Hf4N4-4. The van der Waals surface area contributed by atoms with Crippen LogP contribution in [-0.2, 0) is 103 Å². The van der Waals surface area contributed by atoms with Crippen LogP contribution in [0.4, 0.5) is 0 Å². The summed E-state index contributed by atoms with van der Waals surface area (Å²) in [7, 11) is 7.22. The van der Waals surface area contributed by atoms with E-state index in [4.69, 9.17) is 0 Å². The van der Waals surface area contributed by atoms with Crippen LogP contribution in [0.15, 0.2) is 0 Å². The van der Waals surface area contributed by atoms with Gasteiger partial charge in [0.15, 0.2) is 0 Å². The van der Waals surface area contributed by atoms with Crippen molar-refractivity contribution in [2.45, 2.75) is 27.7 Å². The van der Waals surface area contributed by atoms with Gasteiger partial charge >= 0.3 is 0 Å². The van der Waals surface area contributed by atoms with Crippen LogP contribution < -0.4 is 0 Å². The Hall–Kier alpha value is 3.32. The van der Waals surface area contributed by atoms with Crippen molar-refractivity contribution < 1.29 is 103 Å². The van der Waals surface area contributed by atoms with E-state index in [9.17, 15) is 0 Å². The molecule has 0 unspecified atom stereocenters. The van der Waals surface area contributed by atoms with Crippen molar-refractivity contribution in [2.75, 3.05) is 54.4 Å². The summed E-state index contributed by atoms with van der Waals surface area (Å²) in [5.74, 6) is 0. The van der Waals surface area contributed by atoms with Gasteiger partial charge in [-0.05, 0) is 0 Å². The first-order valence-corrected chi connectivity index (χ1v) is 5.88. The summed E-state index contributed by atoms with van der Waals surface area (Å²) >= 11 is 0. The summed E-state index contributed by atoms with van der Waals surface area (Å²) in [6.45, 7) is 11.8. The summed E-state index contributed by atoms with van der Waals surface area (Å²) in [5, 5.41) is 14.9. The minimum atomic E-state index is 0. The summed E-state index contributed by atoms with van der Waals surface area (Å²) < 4.78 is 0. The third-order valence-electron chi connectivity index (χ3n) is 1.26. The van der Waals surface area contributed by atoms with Gasteiger partial charge in [-0.25, -0.2) is 0 Å². The molecule has 0 radical (unpaired) electrons. The monoisotopic (exact) mass is 952 g/mol. The fourth-order valence-electron chi connectivity index (χ4n) is 0. The maximum atomic E-state index is 3.74. The Morgan fingerprint density at radius 3 is 0.450 bits per heavy atom. The predicted molar refractivity (Wildman–Crippen MR) is 79.3 cm³/mol. The molecule has 4 nitrogen and oxygen atoms in total. The molecule has 0 aliphatic carbocycles. The second-order valence-electron chi connectivity index (χ2n) is 2.53. The molecule has 120 valence electrons. The summed E-state index contributed by atoms with van der Waals surface area (Å²) in [6.07, 6.45) is 0. The van der Waals surface area contributed by atoms with Gasteiger partial charge in [-0.1, -0.05) is 27.7 Å². The number of hydrogen-bond acceptors (Lipinski definition) is 0. The third-order valence-corrected chi connectivity index (χ3v) is 1.26. The van der Waals surface area contributed by atoms with Crippen LogP contribution in [0.3, 0.4) is 0 Å². The van der Waals surface area contributed by atoms with Crippen molar-refractivity contribution in [3.8, 4) is 0 Å². The number of rotatable bonds is 4. The molecule has 0 N–H and O–H groups in total. The molecule has 0 aromatic rings. The second-order valence-corrected chi connectivity index (χ2v) is 2.53. The molecule has 0 aliphatic rings. The molecule has 20 heavy (non-hydrogen) atoms. The van der Waals surface area contributed by atoms with Crippen LogP contribution in [-0.4, -0.2) is 54.4 Å². The Bertz CT molecular complexity index is 51.4. The van der Waals surface area contributed by atoms with Gasteiger partial charge in [0.25, 0.3) is 0 Å². The molecule has 0 saturated carbocycles. The SMILES string of the molecule is CC[N-]C.CC[N-]C.CC[N-]C.CC[N-]C.[Hf].[Hf].[Hf].[Hf]. The quantitative estimate of drug-likeness (QED) is 0.383. The van der Waals surface area contributed by atoms with E-state index in [1.807, 2.05) is 27.7 Å². The van der Waals surface area contributed by atoms with Crippen molar-refractivity contribution >= 4 is 0 Å². The molecule has 0 amide bonds. The van der Waals surface area contributed by atoms with E-state index < -0.39 is 0 Å². The molecule has 0 aliphatic heterocycles. The summed E-state index contributed by atoms with van der Waals surface area (Å²) in [5.41, 5.74) is 0. The standard InChI is InChI=1S/4C3H8N.4Hf/c4*1-3-4-2;;;;/h4*3H2,1-2H3;;;;/q4*-1;;;;. The first-order valence-electron chi connectivity index (χ1n) is 5.88. The number of nitrogens with zero attached hydrogens (tertiary/aromatic N) is 4. The first kappa shape index (κ1) is 49.5. The zero-order valence-corrected chi connectivity index (χ0v) is 29.0. The average Bonchev–Trinajstić information content (AvgIpc) is 2.39. The Morgan fingerprint density at radius 1 is 0.400 bits per heavy atom. The minimum Gasteiger partial charge on any atom is -0.665 e. The zero-order chi connectivity index (χ0) is 13.7. The normalized spacial score (nSPS) is 6.00. The van der Waals surface area contributed by atoms with E-state index in [0.717, 1.165) is 26.2 Å². The van der Waals surface area contributed by atoms with E-state index >= 15 is 0 Å². The summed E-state index contributed by atoms with van der Waals surface area (Å²) in [4.78, 5) is 0. The molecule has 0 aromatic heterocycles. The van der Waals surface area contributed by atoms with Crippen LogP contribution in [0.1, 0.15) is 27.7 Å². The largest absolute Gasteiger partial charge is 0.665 e. The zero-order valence-electron chi connectivity index (χ0n) is 14.6. The molecule has 0 aromatic carbocycles. The molecule has 0 spiro atoms. The van der Waals surface area contributed by atoms with Gasteiger partial charge < -0.3 is 21.3 Å². The molecule has 0 rings (SSSR count). The Labute approximate surface area is 204 Å². The van der Waals surface area contributed by atoms with E-state index in [0.29, 0.717) is 0 Å². The Balaban J connectivity index is -0.0000000150. The fraction of sp³-hybridized carbons (Fsp3) is 1.00. The average molecular weight is 946 g/mol. The minimum absolute atomic E-state index is 0. The van der Waals surface area contributed by atoms with Gasteiger partial charge in [-0.15, -0.1) is 0 Å². The third kappa shape index (κ3) is 164. The first-order chi connectivity index (χ1) is 7.66. The van der Waals surface area contributed by atoms with Crippen LogP contribution in [0.5, 0.6) is 0 Å². The van der Waals surface area contributed by atoms with Crippen LogP contribution in [0, 0.1) is 0 Å². The van der Waals surface area contributed by atoms with Crippen LogP contribution in [0.25, 0.3) is 21.3 Å². The van der Waals surface area contributed by atoms with Crippen LogP contribution >= 0.6 is 0 Å². The predicted octanol–water partition coefficient (Wildman–Crippen LogP) is 4.03. The van der Waals surface area contributed by atoms with Crippen molar-refractivity contribution in [3.63, 3.8) is 0 Å². The van der Waals surface area contributed by atoms with Gasteiger partial charge in [0.2, 0.25) is 0 Å². The molecular weight excluding hydrogens is 914 g/mol. The van der Waals surface area contributed by atoms with E-state index in [-0.39, 0.29) is 103 Å². The van der Waals surface area contributed by atoms with Crippen molar-refractivity contribution in [2.24, 2.45) is 0 Å². The van der Waals surface area contributed by atoms with E-state index in [1.54, 1.807) is 28.2 Å². The molecule has 0 atom stereocenters. The summed E-state index contributed by atoms with van der Waals surface area (Å²) in [6, 6.07) is 0. The van der Waals surface area contributed by atoms with Gasteiger partial charge in [-0.2, -0.15) is 54.4 Å². The van der Waals surface area contributed by atoms with E-state index in [2.05, 4.69) is 21.3 Å². The Kier molecular flexibility index (Phi) is 196. The maximum Gasteiger partial charge on any atom is 0 e. The van der Waals surface area contributed by atoms with Gasteiger partial charge in [0, 0.05) is 103 Å². The number of hydrogen-bond donors (Lipinski definition) is 0. The van der Waals surface area contributed by atoms with Crippen molar-refractivity contribution in [1.29, 1.82) is 0 Å². The van der Waals surface area contributed by atoms with Gasteiger partial charge in [0.05, 0.1) is 0 Å². The molecule has 0 saturated heterocycles. The van der Waals surface area contributed by atoms with Gasteiger partial charge in [-0.3, -0.25) is 0 Å². The topological polar surface area (TPSA) is 56.4 Å². The maximum absolute atomic E-state index is 3.74. The van der Waals surface area contributed by atoms with Crippen molar-refractivity contribution in [3.05, 3.63) is 21.3 Å². The Morgan fingerprint density at radius 2 is 0.450 bits per heavy atom. The molecule has 0 fully saturated rings. The molecule has 0 bridgehead atoms. The second kappa shape index (κ2) is 79.2. The molecule has 0 heterocycles. The fourth-order valence-corrected chi connectivity index (χ4v) is 0. The smallest absolute Gasteiger partial charge is 0 e. The van der Waals surface area contributed by atoms with Crippen LogP contribution in [0.2, 0.25) is 0 Å².